The number of carbonyl (C=O) groups excluding carboxylic acids is 1. The van der Waals surface area contributed by atoms with E-state index in [0.717, 1.165) is 18.4 Å². The van der Waals surface area contributed by atoms with Gasteiger partial charge in [-0.1, -0.05) is 18.2 Å². The zero-order valence-electron chi connectivity index (χ0n) is 11.3. The number of rotatable bonds is 1. The number of anilines is 2. The van der Waals surface area contributed by atoms with E-state index in [4.69, 9.17) is 0 Å². The first-order chi connectivity index (χ1) is 9.16. The maximum Gasteiger partial charge on any atom is 0.159 e. The molecule has 1 heterocycles. The van der Waals surface area contributed by atoms with Crippen molar-refractivity contribution in [3.63, 3.8) is 0 Å². The van der Waals surface area contributed by atoms with Crippen molar-refractivity contribution in [2.24, 2.45) is 0 Å². The number of carbonyl (C=O) groups is 1. The van der Waals surface area contributed by atoms with E-state index < -0.39 is 0 Å². The van der Waals surface area contributed by atoms with Crippen LogP contribution < -0.4 is 4.90 Å². The molecule has 0 atom stereocenters. The molecule has 0 amide bonds. The average molecular weight is 251 g/mol. The molecule has 1 aliphatic rings. The monoisotopic (exact) mass is 251 g/mol. The molecule has 0 radical (unpaired) electrons. The Hall–Kier alpha value is -2.09. The molecule has 0 aromatic heterocycles. The smallest absolute Gasteiger partial charge is 0.159 e. The molecule has 0 saturated carbocycles. The van der Waals surface area contributed by atoms with Crippen molar-refractivity contribution in [3.05, 3.63) is 59.2 Å². The number of hydrogen-bond acceptors (Lipinski definition) is 2. The molecule has 0 bridgehead atoms. The Labute approximate surface area is 113 Å². The molecule has 19 heavy (non-hydrogen) atoms. The van der Waals surface area contributed by atoms with Crippen LogP contribution in [-0.4, -0.2) is 12.8 Å². The molecule has 0 fully saturated rings. The van der Waals surface area contributed by atoms with Gasteiger partial charge in [0.1, 0.15) is 0 Å². The van der Waals surface area contributed by atoms with Gasteiger partial charge in [-0.2, -0.15) is 0 Å². The molecule has 1 aliphatic heterocycles. The Kier molecular flexibility index (Phi) is 2.86. The van der Waals surface area contributed by atoms with Crippen LogP contribution in [0.25, 0.3) is 0 Å². The van der Waals surface area contributed by atoms with Gasteiger partial charge in [0.2, 0.25) is 0 Å². The summed E-state index contributed by atoms with van der Waals surface area (Å²) in [7, 11) is 2.09. The minimum atomic E-state index is 0.132. The van der Waals surface area contributed by atoms with Gasteiger partial charge < -0.3 is 4.90 Å². The second kappa shape index (κ2) is 4.54. The van der Waals surface area contributed by atoms with Crippen molar-refractivity contribution >= 4 is 17.2 Å². The average Bonchev–Trinajstić information content (AvgIpc) is 2.57. The van der Waals surface area contributed by atoms with Gasteiger partial charge in [0.25, 0.3) is 0 Å². The Morgan fingerprint density at radius 1 is 1.00 bits per heavy atom. The Balaban J connectivity index is 2.12. The van der Waals surface area contributed by atoms with Crippen molar-refractivity contribution in [2.45, 2.75) is 19.8 Å². The first kappa shape index (κ1) is 12.0. The highest BCUT2D eigenvalue weighted by Crippen LogP contribution is 2.34. The maximum absolute atomic E-state index is 11.5. The summed E-state index contributed by atoms with van der Waals surface area (Å²) < 4.78 is 0. The standard InChI is InChI=1S/C17H17NO/c1-12(19)14-9-10-17-15(11-14)8-7-13-5-3-4-6-16(13)18(17)2/h3-6,9-11H,7-8H2,1-2H3. The lowest BCUT2D eigenvalue weighted by molar-refractivity contribution is 0.101. The number of ketones is 1. The molecule has 0 saturated heterocycles. The van der Waals surface area contributed by atoms with Gasteiger partial charge >= 0.3 is 0 Å². The highest BCUT2D eigenvalue weighted by atomic mass is 16.1. The number of hydrogen-bond donors (Lipinski definition) is 0. The lowest BCUT2D eigenvalue weighted by Gasteiger charge is -2.22. The van der Waals surface area contributed by atoms with Crippen LogP contribution in [0.2, 0.25) is 0 Å². The minimum absolute atomic E-state index is 0.132. The number of Topliss-reactive ketones (excluding diaryl/α,β-unsaturated/α-hetero) is 1. The molecule has 2 nitrogen and oxygen atoms in total. The SMILES string of the molecule is CC(=O)c1ccc2c(c1)CCc1ccccc1N2C. The van der Waals surface area contributed by atoms with Crippen LogP contribution >= 0.6 is 0 Å². The molecule has 0 aliphatic carbocycles. The summed E-state index contributed by atoms with van der Waals surface area (Å²) in [5.41, 5.74) is 5.89. The Morgan fingerprint density at radius 3 is 2.47 bits per heavy atom. The van der Waals surface area contributed by atoms with Crippen molar-refractivity contribution in [1.82, 2.24) is 0 Å². The first-order valence-electron chi connectivity index (χ1n) is 6.62. The van der Waals surface area contributed by atoms with Gasteiger partial charge in [-0.25, -0.2) is 0 Å². The van der Waals surface area contributed by atoms with E-state index in [-0.39, 0.29) is 5.78 Å². The van der Waals surface area contributed by atoms with Crippen molar-refractivity contribution in [3.8, 4) is 0 Å². The fraction of sp³-hybridized carbons (Fsp3) is 0.235. The fourth-order valence-corrected chi connectivity index (χ4v) is 2.78. The van der Waals surface area contributed by atoms with Gasteiger partial charge in [-0.15, -0.1) is 0 Å². The van der Waals surface area contributed by atoms with Gasteiger partial charge in [-0.05, 0) is 55.2 Å². The largest absolute Gasteiger partial charge is 0.344 e. The van der Waals surface area contributed by atoms with E-state index in [1.165, 1.54) is 22.5 Å². The highest BCUT2D eigenvalue weighted by Gasteiger charge is 2.17. The highest BCUT2D eigenvalue weighted by molar-refractivity contribution is 5.95. The van der Waals surface area contributed by atoms with Gasteiger partial charge in [-0.3, -0.25) is 4.79 Å². The second-order valence-corrected chi connectivity index (χ2v) is 5.09. The molecule has 0 unspecified atom stereocenters. The van der Waals surface area contributed by atoms with Crippen LogP contribution in [0.3, 0.4) is 0 Å². The molecule has 0 spiro atoms. The van der Waals surface area contributed by atoms with Crippen molar-refractivity contribution in [2.75, 3.05) is 11.9 Å². The molecular formula is C17H17NO. The first-order valence-corrected chi connectivity index (χ1v) is 6.62. The predicted octanol–water partition coefficient (Wildman–Crippen LogP) is 3.76. The molecule has 2 aromatic carbocycles. The molecule has 3 rings (SSSR count). The summed E-state index contributed by atoms with van der Waals surface area (Å²) in [6.45, 7) is 1.62. The lowest BCUT2D eigenvalue weighted by atomic mass is 10.0. The quantitative estimate of drug-likeness (QED) is 0.719. The zero-order chi connectivity index (χ0) is 13.4. The molecular weight excluding hydrogens is 234 g/mol. The fourth-order valence-electron chi connectivity index (χ4n) is 2.78. The molecule has 2 heteroatoms. The minimum Gasteiger partial charge on any atom is -0.344 e. The van der Waals surface area contributed by atoms with E-state index in [1.54, 1.807) is 6.92 Å². The summed E-state index contributed by atoms with van der Waals surface area (Å²) in [5, 5.41) is 0. The molecule has 96 valence electrons. The summed E-state index contributed by atoms with van der Waals surface area (Å²) >= 11 is 0. The van der Waals surface area contributed by atoms with Crippen LogP contribution in [0.5, 0.6) is 0 Å². The van der Waals surface area contributed by atoms with Gasteiger partial charge in [0, 0.05) is 24.0 Å². The Bertz CT molecular complexity index is 645. The maximum atomic E-state index is 11.5. The third kappa shape index (κ3) is 2.03. The predicted molar refractivity (Wildman–Crippen MR) is 78.4 cm³/mol. The van der Waals surface area contributed by atoms with E-state index in [1.807, 2.05) is 12.1 Å². The number of nitrogens with zero attached hydrogens (tertiary/aromatic N) is 1. The van der Waals surface area contributed by atoms with Gasteiger partial charge in [0.15, 0.2) is 5.78 Å². The van der Waals surface area contributed by atoms with Gasteiger partial charge in [0.05, 0.1) is 0 Å². The van der Waals surface area contributed by atoms with Crippen LogP contribution in [0.1, 0.15) is 28.4 Å². The molecule has 0 N–H and O–H groups in total. The van der Waals surface area contributed by atoms with Crippen LogP contribution in [0.15, 0.2) is 42.5 Å². The van der Waals surface area contributed by atoms with Crippen LogP contribution in [0.4, 0.5) is 11.4 Å². The number of benzene rings is 2. The summed E-state index contributed by atoms with van der Waals surface area (Å²) in [6, 6.07) is 14.5. The summed E-state index contributed by atoms with van der Waals surface area (Å²) in [4.78, 5) is 13.7. The van der Waals surface area contributed by atoms with E-state index in [0.29, 0.717) is 0 Å². The van der Waals surface area contributed by atoms with E-state index in [9.17, 15) is 4.79 Å². The third-order valence-corrected chi connectivity index (χ3v) is 3.86. The topological polar surface area (TPSA) is 20.3 Å². The van der Waals surface area contributed by atoms with Crippen molar-refractivity contribution in [1.29, 1.82) is 0 Å². The molecule has 2 aromatic rings. The van der Waals surface area contributed by atoms with Crippen LogP contribution in [-0.2, 0) is 12.8 Å². The zero-order valence-corrected chi connectivity index (χ0v) is 11.3. The number of aryl methyl sites for hydroxylation is 2. The number of para-hydroxylation sites is 1. The van der Waals surface area contributed by atoms with Crippen molar-refractivity contribution < 1.29 is 4.79 Å². The third-order valence-electron chi connectivity index (χ3n) is 3.86. The van der Waals surface area contributed by atoms with E-state index >= 15 is 0 Å². The lowest BCUT2D eigenvalue weighted by Crippen LogP contribution is -2.11. The second-order valence-electron chi connectivity index (χ2n) is 5.09. The Morgan fingerprint density at radius 2 is 1.68 bits per heavy atom. The number of fused-ring (bicyclic) bond motifs is 2. The summed E-state index contributed by atoms with van der Waals surface area (Å²) in [5.74, 6) is 0.132. The summed E-state index contributed by atoms with van der Waals surface area (Å²) in [6.07, 6.45) is 2.01. The van der Waals surface area contributed by atoms with E-state index in [2.05, 4.69) is 42.3 Å². The normalized spacial score (nSPS) is 13.5. The van der Waals surface area contributed by atoms with Crippen LogP contribution in [0, 0.1) is 0 Å².